The summed E-state index contributed by atoms with van der Waals surface area (Å²) in [4.78, 5) is 0. The van der Waals surface area contributed by atoms with Gasteiger partial charge in [-0.25, -0.2) is 8.42 Å². The highest BCUT2D eigenvalue weighted by atomic mass is 32.2. The molecule has 1 fully saturated rings. The Labute approximate surface area is 106 Å². The standard InChI is InChI=1S/C10H17N3O2S2/c1-2-4-11-6-9-12-13-10(16-9)8-3-5-17(14,15)7-8/h8,11H,2-7H2,1H3. The molecule has 1 aromatic heterocycles. The normalized spacial score (nSPS) is 23.0. The monoisotopic (exact) mass is 275 g/mol. The predicted octanol–water partition coefficient (Wildman–Crippen LogP) is 0.940. The van der Waals surface area contributed by atoms with Gasteiger partial charge in [-0.3, -0.25) is 0 Å². The molecular weight excluding hydrogens is 258 g/mol. The van der Waals surface area contributed by atoms with Crippen LogP contribution in [-0.4, -0.2) is 36.7 Å². The molecule has 17 heavy (non-hydrogen) atoms. The van der Waals surface area contributed by atoms with E-state index >= 15 is 0 Å². The topological polar surface area (TPSA) is 72.0 Å². The van der Waals surface area contributed by atoms with Crippen molar-refractivity contribution in [2.45, 2.75) is 32.2 Å². The van der Waals surface area contributed by atoms with E-state index in [0.29, 0.717) is 12.2 Å². The molecule has 0 bridgehead atoms. The SMILES string of the molecule is CCCNCc1nnc(C2CCS(=O)(=O)C2)s1. The summed E-state index contributed by atoms with van der Waals surface area (Å²) >= 11 is 1.53. The molecule has 7 heteroatoms. The molecule has 1 unspecified atom stereocenters. The average Bonchev–Trinajstić information content (AvgIpc) is 2.85. The number of nitrogens with zero attached hydrogens (tertiary/aromatic N) is 2. The molecule has 2 heterocycles. The highest BCUT2D eigenvalue weighted by molar-refractivity contribution is 7.91. The van der Waals surface area contributed by atoms with Crippen LogP contribution in [0.25, 0.3) is 0 Å². The van der Waals surface area contributed by atoms with Crippen LogP contribution < -0.4 is 5.32 Å². The van der Waals surface area contributed by atoms with Gasteiger partial charge in [0.25, 0.3) is 0 Å². The Morgan fingerprint density at radius 1 is 1.47 bits per heavy atom. The zero-order valence-electron chi connectivity index (χ0n) is 9.85. The molecule has 1 aliphatic rings. The second kappa shape index (κ2) is 5.41. The summed E-state index contributed by atoms with van der Waals surface area (Å²) in [5.74, 6) is 0.599. The van der Waals surface area contributed by atoms with Crippen LogP contribution in [0, 0.1) is 0 Å². The number of hydrogen-bond acceptors (Lipinski definition) is 6. The smallest absolute Gasteiger partial charge is 0.151 e. The first-order valence-corrected chi connectivity index (χ1v) is 8.48. The minimum Gasteiger partial charge on any atom is -0.310 e. The summed E-state index contributed by atoms with van der Waals surface area (Å²) in [7, 11) is -2.83. The Morgan fingerprint density at radius 3 is 2.94 bits per heavy atom. The fourth-order valence-corrected chi connectivity index (χ4v) is 4.67. The maximum Gasteiger partial charge on any atom is 0.151 e. The summed E-state index contributed by atoms with van der Waals surface area (Å²) in [6.45, 7) is 3.81. The van der Waals surface area contributed by atoms with Crippen molar-refractivity contribution in [3.63, 3.8) is 0 Å². The zero-order chi connectivity index (χ0) is 12.3. The fourth-order valence-electron chi connectivity index (χ4n) is 1.86. The molecule has 1 aromatic rings. The van der Waals surface area contributed by atoms with Gasteiger partial charge >= 0.3 is 0 Å². The lowest BCUT2D eigenvalue weighted by atomic mass is 10.1. The number of nitrogens with one attached hydrogen (secondary N) is 1. The van der Waals surface area contributed by atoms with E-state index in [1.165, 1.54) is 11.3 Å². The fraction of sp³-hybridized carbons (Fsp3) is 0.800. The van der Waals surface area contributed by atoms with Crippen LogP contribution in [0.3, 0.4) is 0 Å². The molecule has 0 aromatic carbocycles. The van der Waals surface area contributed by atoms with Gasteiger partial charge < -0.3 is 5.32 Å². The first-order chi connectivity index (χ1) is 8.11. The van der Waals surface area contributed by atoms with Crippen molar-refractivity contribution < 1.29 is 8.42 Å². The molecule has 0 amide bonds. The van der Waals surface area contributed by atoms with Crippen LogP contribution in [0.15, 0.2) is 0 Å². The molecular formula is C10H17N3O2S2. The Morgan fingerprint density at radius 2 is 2.29 bits per heavy atom. The molecule has 0 spiro atoms. The molecule has 1 saturated heterocycles. The number of aromatic nitrogens is 2. The van der Waals surface area contributed by atoms with Crippen molar-refractivity contribution in [3.05, 3.63) is 10.0 Å². The summed E-state index contributed by atoms with van der Waals surface area (Å²) in [6, 6.07) is 0. The van der Waals surface area contributed by atoms with Gasteiger partial charge in [0.1, 0.15) is 10.0 Å². The quantitative estimate of drug-likeness (QED) is 0.810. The van der Waals surface area contributed by atoms with Gasteiger partial charge in [-0.15, -0.1) is 10.2 Å². The molecule has 0 saturated carbocycles. The van der Waals surface area contributed by atoms with E-state index in [0.717, 1.165) is 29.5 Å². The van der Waals surface area contributed by atoms with Gasteiger partial charge in [0, 0.05) is 12.5 Å². The van der Waals surface area contributed by atoms with E-state index in [1.54, 1.807) is 0 Å². The van der Waals surface area contributed by atoms with Gasteiger partial charge in [-0.05, 0) is 19.4 Å². The highest BCUT2D eigenvalue weighted by Gasteiger charge is 2.31. The lowest BCUT2D eigenvalue weighted by molar-refractivity contribution is 0.601. The lowest BCUT2D eigenvalue weighted by Gasteiger charge is -2.00. The molecule has 0 aliphatic carbocycles. The summed E-state index contributed by atoms with van der Waals surface area (Å²) in [5.41, 5.74) is 0. The second-order valence-electron chi connectivity index (χ2n) is 4.31. The summed E-state index contributed by atoms with van der Waals surface area (Å²) < 4.78 is 22.8. The summed E-state index contributed by atoms with van der Waals surface area (Å²) in [6.07, 6.45) is 1.78. The Bertz CT molecular complexity index is 470. The number of rotatable bonds is 5. The lowest BCUT2D eigenvalue weighted by Crippen LogP contribution is -2.13. The van der Waals surface area contributed by atoms with Crippen LogP contribution in [0.4, 0.5) is 0 Å². The van der Waals surface area contributed by atoms with Gasteiger partial charge in [0.15, 0.2) is 9.84 Å². The van der Waals surface area contributed by atoms with E-state index < -0.39 is 9.84 Å². The molecule has 5 nitrogen and oxygen atoms in total. The first kappa shape index (κ1) is 12.9. The van der Waals surface area contributed by atoms with E-state index in [2.05, 4.69) is 22.4 Å². The first-order valence-electron chi connectivity index (χ1n) is 5.84. The third-order valence-corrected chi connectivity index (χ3v) is 5.62. The molecule has 1 N–H and O–H groups in total. The maximum absolute atomic E-state index is 11.4. The third kappa shape index (κ3) is 3.46. The molecule has 96 valence electrons. The second-order valence-corrected chi connectivity index (χ2v) is 7.63. The van der Waals surface area contributed by atoms with Crippen LogP contribution in [0.2, 0.25) is 0 Å². The van der Waals surface area contributed by atoms with Crippen molar-refractivity contribution in [3.8, 4) is 0 Å². The molecule has 2 rings (SSSR count). The third-order valence-electron chi connectivity index (χ3n) is 2.77. The van der Waals surface area contributed by atoms with Crippen molar-refractivity contribution >= 4 is 21.2 Å². The van der Waals surface area contributed by atoms with E-state index in [-0.39, 0.29) is 11.7 Å². The zero-order valence-corrected chi connectivity index (χ0v) is 11.5. The van der Waals surface area contributed by atoms with Crippen LogP contribution in [0.5, 0.6) is 0 Å². The van der Waals surface area contributed by atoms with Gasteiger partial charge in [-0.2, -0.15) is 0 Å². The molecule has 0 radical (unpaired) electrons. The van der Waals surface area contributed by atoms with E-state index in [4.69, 9.17) is 0 Å². The van der Waals surface area contributed by atoms with Gasteiger partial charge in [0.05, 0.1) is 11.5 Å². The van der Waals surface area contributed by atoms with Crippen molar-refractivity contribution in [1.29, 1.82) is 0 Å². The largest absolute Gasteiger partial charge is 0.310 e. The van der Waals surface area contributed by atoms with E-state index in [9.17, 15) is 8.42 Å². The summed E-state index contributed by atoms with van der Waals surface area (Å²) in [5, 5.41) is 13.3. The Kier molecular flexibility index (Phi) is 4.11. The predicted molar refractivity (Wildman–Crippen MR) is 67.9 cm³/mol. The number of sulfone groups is 1. The van der Waals surface area contributed by atoms with Crippen molar-refractivity contribution in [2.24, 2.45) is 0 Å². The maximum atomic E-state index is 11.4. The van der Waals surface area contributed by atoms with Crippen LogP contribution >= 0.6 is 11.3 Å². The van der Waals surface area contributed by atoms with Crippen molar-refractivity contribution in [2.75, 3.05) is 18.1 Å². The van der Waals surface area contributed by atoms with Crippen LogP contribution in [0.1, 0.15) is 35.7 Å². The van der Waals surface area contributed by atoms with E-state index in [1.807, 2.05) is 0 Å². The van der Waals surface area contributed by atoms with Gasteiger partial charge in [0.2, 0.25) is 0 Å². The average molecular weight is 275 g/mol. The Balaban J connectivity index is 1.94. The minimum absolute atomic E-state index is 0.0671. The highest BCUT2D eigenvalue weighted by Crippen LogP contribution is 2.30. The minimum atomic E-state index is -2.83. The molecule has 1 atom stereocenters. The Hall–Kier alpha value is -0.530. The number of hydrogen-bond donors (Lipinski definition) is 1. The van der Waals surface area contributed by atoms with Crippen LogP contribution in [-0.2, 0) is 16.4 Å². The van der Waals surface area contributed by atoms with Crippen molar-refractivity contribution in [1.82, 2.24) is 15.5 Å². The van der Waals surface area contributed by atoms with Gasteiger partial charge in [-0.1, -0.05) is 18.3 Å². The molecule has 1 aliphatic heterocycles.